The molecule has 2 aromatic rings. The lowest BCUT2D eigenvalue weighted by Crippen LogP contribution is -2.43. The molecule has 1 saturated heterocycles. The molecule has 23 heavy (non-hydrogen) atoms. The van der Waals surface area contributed by atoms with Gasteiger partial charge in [0, 0.05) is 25.4 Å². The van der Waals surface area contributed by atoms with Gasteiger partial charge in [0.2, 0.25) is 5.91 Å². The molecule has 0 spiro atoms. The summed E-state index contributed by atoms with van der Waals surface area (Å²) in [4.78, 5) is 13.3. The van der Waals surface area contributed by atoms with Gasteiger partial charge in [0.05, 0.1) is 18.7 Å². The van der Waals surface area contributed by atoms with Crippen molar-refractivity contribution in [2.75, 3.05) is 23.9 Å². The number of alkyl halides is 1. The number of anilines is 1. The maximum absolute atomic E-state index is 11.4. The number of amides is 1. The molecule has 2 unspecified atom stereocenters. The molecule has 1 aliphatic heterocycles. The van der Waals surface area contributed by atoms with Gasteiger partial charge in [-0.1, -0.05) is 30.3 Å². The van der Waals surface area contributed by atoms with Crippen LogP contribution in [0.3, 0.4) is 0 Å². The Morgan fingerprint density at radius 2 is 2.09 bits per heavy atom. The van der Waals surface area contributed by atoms with E-state index in [1.54, 1.807) is 0 Å². The van der Waals surface area contributed by atoms with Gasteiger partial charge in [0.15, 0.2) is 5.82 Å². The van der Waals surface area contributed by atoms with Crippen LogP contribution in [0.15, 0.2) is 42.6 Å². The summed E-state index contributed by atoms with van der Waals surface area (Å²) >= 11 is 5.49. The predicted molar refractivity (Wildman–Crippen MR) is 88.6 cm³/mol. The molecule has 1 aromatic heterocycles. The number of aliphatic hydroxyl groups is 1. The van der Waals surface area contributed by atoms with E-state index in [0.717, 1.165) is 5.82 Å². The molecule has 3 rings (SSSR count). The third-order valence-corrected chi connectivity index (χ3v) is 4.14. The van der Waals surface area contributed by atoms with Gasteiger partial charge in [0.1, 0.15) is 5.88 Å². The Kier molecular flexibility index (Phi) is 4.83. The van der Waals surface area contributed by atoms with Crippen molar-refractivity contribution < 1.29 is 9.90 Å². The van der Waals surface area contributed by atoms with Crippen LogP contribution in [0.5, 0.6) is 0 Å². The molecule has 2 heterocycles. The third kappa shape index (κ3) is 3.83. The van der Waals surface area contributed by atoms with Crippen LogP contribution in [0.25, 0.3) is 0 Å². The minimum absolute atomic E-state index is 0.102. The lowest BCUT2D eigenvalue weighted by molar-refractivity contribution is -0.119. The topological polar surface area (TPSA) is 70.4 Å². The zero-order chi connectivity index (χ0) is 16.2. The number of β-amino-alcohol motifs (C(OH)–C–C–N with tert-alkyl or cyclic N) is 1. The first kappa shape index (κ1) is 15.8. The van der Waals surface area contributed by atoms with E-state index in [0.29, 0.717) is 19.6 Å². The number of benzene rings is 1. The lowest BCUT2D eigenvalue weighted by atomic mass is 10.2. The fourth-order valence-corrected chi connectivity index (χ4v) is 2.82. The molecule has 0 bridgehead atoms. The number of rotatable bonds is 5. The number of nitrogens with zero attached hydrogens (tertiary/aromatic N) is 3. The predicted octanol–water partition coefficient (Wildman–Crippen LogP) is 0.836. The van der Waals surface area contributed by atoms with Crippen molar-refractivity contribution in [2.45, 2.75) is 18.7 Å². The van der Waals surface area contributed by atoms with Gasteiger partial charge in [-0.2, -0.15) is 5.10 Å². The van der Waals surface area contributed by atoms with Crippen LogP contribution in [0.4, 0.5) is 5.82 Å². The highest BCUT2D eigenvalue weighted by atomic mass is 35.5. The molecule has 1 aliphatic rings. The van der Waals surface area contributed by atoms with E-state index in [1.807, 2.05) is 40.0 Å². The van der Waals surface area contributed by atoms with Gasteiger partial charge in [-0.25, -0.2) is 0 Å². The van der Waals surface area contributed by atoms with Gasteiger partial charge in [-0.05, 0) is 5.56 Å². The fraction of sp³-hybridized carbons (Fsp3) is 0.375. The molecule has 0 aliphatic carbocycles. The van der Waals surface area contributed by atoms with Crippen molar-refractivity contribution in [3.05, 3.63) is 48.2 Å². The van der Waals surface area contributed by atoms with E-state index in [9.17, 15) is 9.90 Å². The third-order valence-electron chi connectivity index (χ3n) is 3.89. The van der Waals surface area contributed by atoms with Gasteiger partial charge in [-0.15, -0.1) is 11.6 Å². The Morgan fingerprint density at radius 1 is 1.30 bits per heavy atom. The highest BCUT2D eigenvalue weighted by Gasteiger charge is 2.33. The first-order valence-electron chi connectivity index (χ1n) is 7.51. The summed E-state index contributed by atoms with van der Waals surface area (Å²) in [5, 5.41) is 17.3. The van der Waals surface area contributed by atoms with Crippen LogP contribution >= 0.6 is 11.6 Å². The Balaban J connectivity index is 1.63. The van der Waals surface area contributed by atoms with Crippen molar-refractivity contribution >= 4 is 23.3 Å². The Bertz CT molecular complexity index is 661. The largest absolute Gasteiger partial charge is 0.389 e. The van der Waals surface area contributed by atoms with E-state index in [2.05, 4.69) is 22.5 Å². The highest BCUT2D eigenvalue weighted by molar-refractivity contribution is 6.27. The monoisotopic (exact) mass is 334 g/mol. The summed E-state index contributed by atoms with van der Waals surface area (Å²) in [5.41, 5.74) is 1.18. The second kappa shape index (κ2) is 7.02. The summed E-state index contributed by atoms with van der Waals surface area (Å²) in [6.45, 7) is 1.66. The molecule has 0 radical (unpaired) electrons. The molecule has 2 N–H and O–H groups in total. The normalized spacial score (nSPS) is 20.7. The number of hydrogen-bond acceptors (Lipinski definition) is 4. The van der Waals surface area contributed by atoms with Crippen LogP contribution in [-0.4, -0.2) is 51.9 Å². The summed E-state index contributed by atoms with van der Waals surface area (Å²) in [5.74, 6) is 0.421. The van der Waals surface area contributed by atoms with Crippen LogP contribution in [0, 0.1) is 0 Å². The number of aromatic nitrogens is 2. The van der Waals surface area contributed by atoms with Gasteiger partial charge < -0.3 is 15.3 Å². The van der Waals surface area contributed by atoms with Crippen LogP contribution in [0.1, 0.15) is 5.56 Å². The lowest BCUT2D eigenvalue weighted by Gasteiger charge is -2.15. The zero-order valence-electron chi connectivity index (χ0n) is 12.6. The molecule has 0 saturated carbocycles. The number of carbonyl (C=O) groups excluding carboxylic acids is 1. The average Bonchev–Trinajstić information content (AvgIpc) is 3.15. The van der Waals surface area contributed by atoms with Crippen molar-refractivity contribution in [1.82, 2.24) is 15.1 Å². The zero-order valence-corrected chi connectivity index (χ0v) is 13.4. The number of aliphatic hydroxyl groups excluding tert-OH is 1. The van der Waals surface area contributed by atoms with E-state index < -0.39 is 6.10 Å². The second-order valence-electron chi connectivity index (χ2n) is 5.64. The first-order chi connectivity index (χ1) is 11.2. The molecular formula is C16H19ClN4O2. The van der Waals surface area contributed by atoms with Crippen LogP contribution < -0.4 is 10.2 Å². The average molecular weight is 335 g/mol. The van der Waals surface area contributed by atoms with Crippen molar-refractivity contribution in [3.8, 4) is 0 Å². The minimum atomic E-state index is -0.624. The summed E-state index contributed by atoms with van der Waals surface area (Å²) in [6.07, 6.45) is 1.29. The molecule has 122 valence electrons. The summed E-state index contributed by atoms with van der Waals surface area (Å²) < 4.78 is 1.86. The highest BCUT2D eigenvalue weighted by Crippen LogP contribution is 2.19. The van der Waals surface area contributed by atoms with Gasteiger partial charge >= 0.3 is 0 Å². The molecule has 6 nitrogen and oxygen atoms in total. The number of hydrogen-bond donors (Lipinski definition) is 2. The van der Waals surface area contributed by atoms with E-state index in [1.165, 1.54) is 5.56 Å². The van der Waals surface area contributed by atoms with E-state index in [4.69, 9.17) is 11.6 Å². The van der Waals surface area contributed by atoms with Gasteiger partial charge in [-0.3, -0.25) is 9.48 Å². The summed E-state index contributed by atoms with van der Waals surface area (Å²) in [6, 6.07) is 11.7. The second-order valence-corrected chi connectivity index (χ2v) is 5.90. The van der Waals surface area contributed by atoms with Crippen molar-refractivity contribution in [3.63, 3.8) is 0 Å². The Morgan fingerprint density at radius 3 is 2.83 bits per heavy atom. The number of nitrogens with one attached hydrogen (secondary N) is 1. The molecule has 2 atom stereocenters. The van der Waals surface area contributed by atoms with Crippen LogP contribution in [-0.2, 0) is 11.3 Å². The van der Waals surface area contributed by atoms with Crippen molar-refractivity contribution in [2.24, 2.45) is 0 Å². The van der Waals surface area contributed by atoms with Crippen LogP contribution in [0.2, 0.25) is 0 Å². The smallest absolute Gasteiger partial charge is 0.235 e. The van der Waals surface area contributed by atoms with Crippen molar-refractivity contribution in [1.29, 1.82) is 0 Å². The molecule has 7 heteroatoms. The SMILES string of the molecule is O=C(CCl)NC1CN(c2ccn(Cc3ccccc3)n2)CC1O. The first-order valence-corrected chi connectivity index (χ1v) is 8.05. The number of halogens is 1. The maximum atomic E-state index is 11.4. The number of carbonyl (C=O) groups is 1. The molecule has 1 amide bonds. The fourth-order valence-electron chi connectivity index (χ4n) is 2.74. The molecule has 1 fully saturated rings. The standard InChI is InChI=1S/C16H19ClN4O2/c17-8-16(23)18-13-10-20(11-14(13)22)15-6-7-21(19-15)9-12-4-2-1-3-5-12/h1-7,13-14,22H,8-11H2,(H,18,23). The molecular weight excluding hydrogens is 316 g/mol. The Labute approximate surface area is 139 Å². The maximum Gasteiger partial charge on any atom is 0.235 e. The van der Waals surface area contributed by atoms with Gasteiger partial charge in [0.25, 0.3) is 0 Å². The molecule has 1 aromatic carbocycles. The van der Waals surface area contributed by atoms with E-state index in [-0.39, 0.29) is 17.8 Å². The Hall–Kier alpha value is -2.05. The van der Waals surface area contributed by atoms with E-state index >= 15 is 0 Å². The minimum Gasteiger partial charge on any atom is -0.389 e. The summed E-state index contributed by atoms with van der Waals surface area (Å²) in [7, 11) is 0. The quantitative estimate of drug-likeness (QED) is 0.795.